The van der Waals surface area contributed by atoms with Crippen molar-refractivity contribution in [3.8, 4) is 5.75 Å². The quantitative estimate of drug-likeness (QED) is 0.404. The van der Waals surface area contributed by atoms with Crippen LogP contribution in [-0.4, -0.2) is 17.9 Å². The zero-order valence-corrected chi connectivity index (χ0v) is 16.0. The van der Waals surface area contributed by atoms with Gasteiger partial charge in [-0.15, -0.1) is 0 Å². The van der Waals surface area contributed by atoms with Crippen LogP contribution in [-0.2, 0) is 4.79 Å². The van der Waals surface area contributed by atoms with Crippen molar-refractivity contribution < 1.29 is 18.7 Å². The van der Waals surface area contributed by atoms with Crippen LogP contribution in [0.4, 0.5) is 0 Å². The fraction of sp³-hybridized carbons (Fsp3) is 0.0870. The summed E-state index contributed by atoms with van der Waals surface area (Å²) in [7, 11) is 0. The normalized spacial score (nSPS) is 11.8. The van der Waals surface area contributed by atoms with E-state index in [0.29, 0.717) is 16.7 Å². The SMILES string of the molecule is C[C@H](Oc1ccc2ccccc2c1)C(=O)NNC(=O)c1cc2ccccc2oc1=O. The fourth-order valence-corrected chi connectivity index (χ4v) is 3.01. The van der Waals surface area contributed by atoms with E-state index in [4.69, 9.17) is 9.15 Å². The number of hydrogen-bond donors (Lipinski definition) is 2. The molecule has 30 heavy (non-hydrogen) atoms. The van der Waals surface area contributed by atoms with Crippen LogP contribution in [0.15, 0.2) is 82.0 Å². The zero-order valence-electron chi connectivity index (χ0n) is 16.0. The van der Waals surface area contributed by atoms with Crippen molar-refractivity contribution >= 4 is 33.6 Å². The van der Waals surface area contributed by atoms with Crippen LogP contribution in [0.25, 0.3) is 21.7 Å². The summed E-state index contributed by atoms with van der Waals surface area (Å²) >= 11 is 0. The van der Waals surface area contributed by atoms with E-state index in [9.17, 15) is 14.4 Å². The van der Waals surface area contributed by atoms with Crippen molar-refractivity contribution in [2.24, 2.45) is 0 Å². The van der Waals surface area contributed by atoms with Gasteiger partial charge in [0.05, 0.1) is 0 Å². The highest BCUT2D eigenvalue weighted by molar-refractivity contribution is 5.97. The summed E-state index contributed by atoms with van der Waals surface area (Å²) in [6.45, 7) is 1.56. The second-order valence-corrected chi connectivity index (χ2v) is 6.70. The van der Waals surface area contributed by atoms with Gasteiger partial charge in [0.15, 0.2) is 6.10 Å². The van der Waals surface area contributed by atoms with Crippen LogP contribution < -0.4 is 21.2 Å². The molecule has 0 aliphatic rings. The molecular weight excluding hydrogens is 384 g/mol. The van der Waals surface area contributed by atoms with Gasteiger partial charge < -0.3 is 9.15 Å². The van der Waals surface area contributed by atoms with E-state index in [-0.39, 0.29) is 5.56 Å². The second-order valence-electron chi connectivity index (χ2n) is 6.70. The van der Waals surface area contributed by atoms with E-state index < -0.39 is 23.5 Å². The summed E-state index contributed by atoms with van der Waals surface area (Å²) in [5, 5.41) is 2.64. The molecule has 0 saturated carbocycles. The number of benzene rings is 3. The van der Waals surface area contributed by atoms with Gasteiger partial charge in [-0.2, -0.15) is 0 Å². The Kier molecular flexibility index (Phi) is 5.17. The second kappa shape index (κ2) is 8.08. The first kappa shape index (κ1) is 19.2. The van der Waals surface area contributed by atoms with Crippen molar-refractivity contribution in [2.75, 3.05) is 0 Å². The Morgan fingerprint density at radius 3 is 2.37 bits per heavy atom. The first-order valence-electron chi connectivity index (χ1n) is 9.30. The molecule has 0 spiro atoms. The maximum absolute atomic E-state index is 12.3. The molecular formula is C23H18N2O5. The molecule has 0 bridgehead atoms. The third kappa shape index (κ3) is 4.00. The largest absolute Gasteiger partial charge is 0.481 e. The molecule has 150 valence electrons. The number of hydrogen-bond acceptors (Lipinski definition) is 5. The molecule has 0 fully saturated rings. The van der Waals surface area contributed by atoms with Gasteiger partial charge in [-0.25, -0.2) is 4.79 Å². The van der Waals surface area contributed by atoms with E-state index in [1.165, 1.54) is 6.07 Å². The lowest BCUT2D eigenvalue weighted by molar-refractivity contribution is -0.128. The first-order chi connectivity index (χ1) is 14.5. The molecule has 4 rings (SSSR count). The van der Waals surface area contributed by atoms with Gasteiger partial charge in [0.1, 0.15) is 16.9 Å². The summed E-state index contributed by atoms with van der Waals surface area (Å²) in [6, 6.07) is 21.5. The molecule has 1 aromatic heterocycles. The Balaban J connectivity index is 1.40. The number of ether oxygens (including phenoxy) is 1. The summed E-state index contributed by atoms with van der Waals surface area (Å²) in [5.74, 6) is -0.819. The Labute approximate surface area is 171 Å². The maximum atomic E-state index is 12.3. The van der Waals surface area contributed by atoms with Crippen molar-refractivity contribution in [2.45, 2.75) is 13.0 Å². The fourth-order valence-electron chi connectivity index (χ4n) is 3.01. The number of carbonyl (C=O) groups is 2. The Hall–Kier alpha value is -4.13. The van der Waals surface area contributed by atoms with Crippen LogP contribution in [0.3, 0.4) is 0 Å². The van der Waals surface area contributed by atoms with Crippen molar-refractivity contribution in [3.05, 3.63) is 88.8 Å². The highest BCUT2D eigenvalue weighted by Gasteiger charge is 2.18. The van der Waals surface area contributed by atoms with Gasteiger partial charge in [0, 0.05) is 5.39 Å². The average molecular weight is 402 g/mol. The molecule has 0 saturated heterocycles. The predicted molar refractivity (Wildman–Crippen MR) is 112 cm³/mol. The highest BCUT2D eigenvalue weighted by Crippen LogP contribution is 2.21. The van der Waals surface area contributed by atoms with Gasteiger partial charge in [-0.05, 0) is 42.0 Å². The highest BCUT2D eigenvalue weighted by atomic mass is 16.5. The number of hydrazine groups is 1. The minimum atomic E-state index is -0.875. The van der Waals surface area contributed by atoms with E-state index >= 15 is 0 Å². The number of nitrogens with one attached hydrogen (secondary N) is 2. The smallest absolute Gasteiger partial charge is 0.349 e. The Morgan fingerprint density at radius 2 is 1.57 bits per heavy atom. The van der Waals surface area contributed by atoms with Gasteiger partial charge in [-0.1, -0.05) is 48.5 Å². The summed E-state index contributed by atoms with van der Waals surface area (Å²) in [6.07, 6.45) is -0.875. The van der Waals surface area contributed by atoms with Gasteiger partial charge in [-0.3, -0.25) is 20.4 Å². The number of carbonyl (C=O) groups excluding carboxylic acids is 2. The Bertz CT molecular complexity index is 1310. The molecule has 0 aliphatic heterocycles. The van der Waals surface area contributed by atoms with E-state index in [0.717, 1.165) is 10.8 Å². The maximum Gasteiger partial charge on any atom is 0.349 e. The lowest BCUT2D eigenvalue weighted by Crippen LogP contribution is -2.48. The number of amides is 2. The first-order valence-corrected chi connectivity index (χ1v) is 9.30. The van der Waals surface area contributed by atoms with Crippen molar-refractivity contribution in [1.82, 2.24) is 10.9 Å². The van der Waals surface area contributed by atoms with Crippen LogP contribution in [0.1, 0.15) is 17.3 Å². The third-order valence-corrected chi connectivity index (χ3v) is 4.59. The molecule has 0 unspecified atom stereocenters. The third-order valence-electron chi connectivity index (χ3n) is 4.59. The van der Waals surface area contributed by atoms with Gasteiger partial charge in [0.2, 0.25) is 0 Å². The van der Waals surface area contributed by atoms with Crippen LogP contribution >= 0.6 is 0 Å². The van der Waals surface area contributed by atoms with Gasteiger partial charge in [0.25, 0.3) is 11.8 Å². The van der Waals surface area contributed by atoms with Crippen LogP contribution in [0.5, 0.6) is 5.75 Å². The van der Waals surface area contributed by atoms with E-state index in [1.807, 2.05) is 36.4 Å². The molecule has 1 heterocycles. The minimum Gasteiger partial charge on any atom is -0.481 e. The van der Waals surface area contributed by atoms with Crippen LogP contribution in [0.2, 0.25) is 0 Å². The average Bonchev–Trinajstić information content (AvgIpc) is 2.76. The monoisotopic (exact) mass is 402 g/mol. The zero-order chi connectivity index (χ0) is 21.1. The molecule has 7 nitrogen and oxygen atoms in total. The Morgan fingerprint density at radius 1 is 0.867 bits per heavy atom. The number of para-hydroxylation sites is 1. The molecule has 4 aromatic rings. The lowest BCUT2D eigenvalue weighted by atomic mass is 10.1. The van der Waals surface area contributed by atoms with Crippen molar-refractivity contribution in [1.29, 1.82) is 0 Å². The minimum absolute atomic E-state index is 0.211. The van der Waals surface area contributed by atoms with E-state index in [1.54, 1.807) is 37.3 Å². The molecule has 0 radical (unpaired) electrons. The predicted octanol–water partition coefficient (Wildman–Crippen LogP) is 3.17. The molecule has 1 atom stereocenters. The van der Waals surface area contributed by atoms with E-state index in [2.05, 4.69) is 10.9 Å². The molecule has 0 aliphatic carbocycles. The summed E-state index contributed by atoms with van der Waals surface area (Å²) < 4.78 is 10.8. The molecule has 2 N–H and O–H groups in total. The summed E-state index contributed by atoms with van der Waals surface area (Å²) in [5.41, 5.74) is 3.87. The molecule has 7 heteroatoms. The molecule has 3 aromatic carbocycles. The van der Waals surface area contributed by atoms with Crippen molar-refractivity contribution in [3.63, 3.8) is 0 Å². The molecule has 2 amide bonds. The lowest BCUT2D eigenvalue weighted by Gasteiger charge is -2.15. The summed E-state index contributed by atoms with van der Waals surface area (Å²) in [4.78, 5) is 36.6. The van der Waals surface area contributed by atoms with Crippen LogP contribution in [0, 0.1) is 0 Å². The topological polar surface area (TPSA) is 97.6 Å². The standard InChI is InChI=1S/C23H18N2O5/c1-14(29-18-11-10-15-6-2-3-7-16(15)12-18)21(26)24-25-22(27)19-13-17-8-4-5-9-20(17)30-23(19)28/h2-14H,1H3,(H,24,26)(H,25,27)/t14-/m0/s1. The number of fused-ring (bicyclic) bond motifs is 2. The van der Waals surface area contributed by atoms with Gasteiger partial charge >= 0.3 is 5.63 Å². The number of rotatable bonds is 4.